The van der Waals surface area contributed by atoms with Gasteiger partial charge in [0.1, 0.15) is 5.03 Å². The Balaban J connectivity index is 2.00. The van der Waals surface area contributed by atoms with Gasteiger partial charge in [0.25, 0.3) is 0 Å². The molecule has 0 saturated carbocycles. The quantitative estimate of drug-likeness (QED) is 0.892. The topological polar surface area (TPSA) is 38.9 Å². The molecular formula is C15H18N2S. The highest BCUT2D eigenvalue weighted by Gasteiger charge is 2.03. The van der Waals surface area contributed by atoms with Crippen molar-refractivity contribution in [3.05, 3.63) is 54.2 Å². The fourth-order valence-corrected chi connectivity index (χ4v) is 2.42. The SMILES string of the molecule is CCC(N)Cc1ccc(Sc2ccccc2)nc1. The first-order valence-electron chi connectivity index (χ1n) is 6.21. The van der Waals surface area contributed by atoms with Crippen molar-refractivity contribution in [2.75, 3.05) is 0 Å². The average molecular weight is 258 g/mol. The Morgan fingerprint density at radius 1 is 1.17 bits per heavy atom. The lowest BCUT2D eigenvalue weighted by Gasteiger charge is -2.08. The summed E-state index contributed by atoms with van der Waals surface area (Å²) >= 11 is 1.68. The molecule has 0 amide bonds. The van der Waals surface area contributed by atoms with Crippen LogP contribution in [0.25, 0.3) is 0 Å². The van der Waals surface area contributed by atoms with Gasteiger partial charge < -0.3 is 5.73 Å². The van der Waals surface area contributed by atoms with Gasteiger partial charge in [-0.3, -0.25) is 0 Å². The van der Waals surface area contributed by atoms with Gasteiger partial charge in [-0.1, -0.05) is 43.0 Å². The minimum Gasteiger partial charge on any atom is -0.327 e. The maximum Gasteiger partial charge on any atom is 0.101 e. The zero-order chi connectivity index (χ0) is 12.8. The van der Waals surface area contributed by atoms with E-state index in [0.29, 0.717) is 0 Å². The summed E-state index contributed by atoms with van der Waals surface area (Å²) < 4.78 is 0. The van der Waals surface area contributed by atoms with E-state index in [1.807, 2.05) is 24.4 Å². The molecule has 2 N–H and O–H groups in total. The fourth-order valence-electron chi connectivity index (χ4n) is 1.65. The van der Waals surface area contributed by atoms with Crippen molar-refractivity contribution in [1.29, 1.82) is 0 Å². The number of nitrogens with zero attached hydrogens (tertiary/aromatic N) is 1. The van der Waals surface area contributed by atoms with E-state index in [0.717, 1.165) is 17.9 Å². The third kappa shape index (κ3) is 3.86. The first-order chi connectivity index (χ1) is 8.78. The molecule has 3 heteroatoms. The van der Waals surface area contributed by atoms with Crippen LogP contribution in [0.4, 0.5) is 0 Å². The summed E-state index contributed by atoms with van der Waals surface area (Å²) in [5, 5.41) is 1.02. The normalized spacial score (nSPS) is 12.3. The number of rotatable bonds is 5. The molecule has 0 radical (unpaired) electrons. The lowest BCUT2D eigenvalue weighted by Crippen LogP contribution is -2.21. The van der Waals surface area contributed by atoms with Crippen molar-refractivity contribution in [3.63, 3.8) is 0 Å². The number of aromatic nitrogens is 1. The fraction of sp³-hybridized carbons (Fsp3) is 0.267. The standard InChI is InChI=1S/C15H18N2S/c1-2-13(16)10-12-8-9-15(17-11-12)18-14-6-4-3-5-7-14/h3-9,11,13H,2,10,16H2,1H3. The van der Waals surface area contributed by atoms with Crippen molar-refractivity contribution < 1.29 is 0 Å². The average Bonchev–Trinajstić information content (AvgIpc) is 2.42. The molecule has 18 heavy (non-hydrogen) atoms. The molecule has 2 rings (SSSR count). The minimum atomic E-state index is 0.236. The third-order valence-electron chi connectivity index (χ3n) is 2.79. The van der Waals surface area contributed by atoms with Crippen LogP contribution in [0.3, 0.4) is 0 Å². The number of pyridine rings is 1. The van der Waals surface area contributed by atoms with E-state index in [4.69, 9.17) is 5.73 Å². The van der Waals surface area contributed by atoms with Gasteiger partial charge in [0.05, 0.1) is 0 Å². The largest absolute Gasteiger partial charge is 0.327 e. The Kier molecular flexibility index (Phi) is 4.79. The maximum absolute atomic E-state index is 5.93. The van der Waals surface area contributed by atoms with E-state index in [1.165, 1.54) is 10.5 Å². The lowest BCUT2D eigenvalue weighted by atomic mass is 10.1. The van der Waals surface area contributed by atoms with Crippen LogP contribution in [0, 0.1) is 0 Å². The summed E-state index contributed by atoms with van der Waals surface area (Å²) in [6.45, 7) is 2.11. The molecule has 0 bridgehead atoms. The summed E-state index contributed by atoms with van der Waals surface area (Å²) in [5.41, 5.74) is 7.14. The maximum atomic E-state index is 5.93. The van der Waals surface area contributed by atoms with Gasteiger partial charge >= 0.3 is 0 Å². The zero-order valence-electron chi connectivity index (χ0n) is 10.5. The van der Waals surface area contributed by atoms with E-state index >= 15 is 0 Å². The third-order valence-corrected chi connectivity index (χ3v) is 3.74. The van der Waals surface area contributed by atoms with Crippen LogP contribution in [0.2, 0.25) is 0 Å². The molecule has 0 fully saturated rings. The summed E-state index contributed by atoms with van der Waals surface area (Å²) in [4.78, 5) is 5.68. The van der Waals surface area contributed by atoms with Crippen LogP contribution in [-0.4, -0.2) is 11.0 Å². The summed E-state index contributed by atoms with van der Waals surface area (Å²) in [7, 11) is 0. The molecule has 1 heterocycles. The highest BCUT2D eigenvalue weighted by molar-refractivity contribution is 7.99. The number of hydrogen-bond acceptors (Lipinski definition) is 3. The number of benzene rings is 1. The van der Waals surface area contributed by atoms with Gasteiger partial charge in [0, 0.05) is 17.1 Å². The van der Waals surface area contributed by atoms with Crippen LogP contribution < -0.4 is 5.73 Å². The first-order valence-corrected chi connectivity index (χ1v) is 7.03. The van der Waals surface area contributed by atoms with Crippen molar-refractivity contribution >= 4 is 11.8 Å². The summed E-state index contributed by atoms with van der Waals surface area (Å²) in [5.74, 6) is 0. The molecule has 1 unspecified atom stereocenters. The molecular weight excluding hydrogens is 240 g/mol. The molecule has 2 nitrogen and oxygen atoms in total. The first kappa shape index (κ1) is 13.1. The molecule has 1 aromatic carbocycles. The monoisotopic (exact) mass is 258 g/mol. The Bertz CT molecular complexity index is 468. The summed E-state index contributed by atoms with van der Waals surface area (Å²) in [6.07, 6.45) is 3.83. The summed E-state index contributed by atoms with van der Waals surface area (Å²) in [6, 6.07) is 14.7. The number of hydrogen-bond donors (Lipinski definition) is 1. The Labute approximate surface area is 113 Å². The van der Waals surface area contributed by atoms with Crippen LogP contribution in [0.15, 0.2) is 58.6 Å². The highest BCUT2D eigenvalue weighted by atomic mass is 32.2. The van der Waals surface area contributed by atoms with Crippen LogP contribution in [0.1, 0.15) is 18.9 Å². The van der Waals surface area contributed by atoms with E-state index in [1.54, 1.807) is 11.8 Å². The predicted octanol–water partition coefficient (Wildman–Crippen LogP) is 3.51. The second-order valence-electron chi connectivity index (χ2n) is 4.29. The molecule has 1 aromatic heterocycles. The van der Waals surface area contributed by atoms with Gasteiger partial charge in [0.15, 0.2) is 0 Å². The molecule has 0 saturated heterocycles. The molecule has 0 aliphatic heterocycles. The predicted molar refractivity (Wildman–Crippen MR) is 76.8 cm³/mol. The van der Waals surface area contributed by atoms with Gasteiger partial charge in [-0.25, -0.2) is 4.98 Å². The van der Waals surface area contributed by atoms with Crippen molar-refractivity contribution in [1.82, 2.24) is 4.98 Å². The number of nitrogens with two attached hydrogens (primary N) is 1. The molecule has 0 aliphatic rings. The highest BCUT2D eigenvalue weighted by Crippen LogP contribution is 2.25. The van der Waals surface area contributed by atoms with Crippen LogP contribution in [-0.2, 0) is 6.42 Å². The van der Waals surface area contributed by atoms with Gasteiger partial charge in [-0.05, 0) is 36.6 Å². The Hall–Kier alpha value is -1.32. The molecule has 0 aliphatic carbocycles. The Morgan fingerprint density at radius 2 is 1.94 bits per heavy atom. The Morgan fingerprint density at radius 3 is 2.56 bits per heavy atom. The smallest absolute Gasteiger partial charge is 0.101 e. The van der Waals surface area contributed by atoms with Gasteiger partial charge in [-0.15, -0.1) is 0 Å². The second kappa shape index (κ2) is 6.57. The van der Waals surface area contributed by atoms with Crippen molar-refractivity contribution in [2.24, 2.45) is 5.73 Å². The lowest BCUT2D eigenvalue weighted by molar-refractivity contribution is 0.644. The van der Waals surface area contributed by atoms with Gasteiger partial charge in [-0.2, -0.15) is 0 Å². The zero-order valence-corrected chi connectivity index (χ0v) is 11.4. The molecule has 0 spiro atoms. The van der Waals surface area contributed by atoms with E-state index in [2.05, 4.69) is 36.2 Å². The molecule has 94 valence electrons. The van der Waals surface area contributed by atoms with Crippen LogP contribution >= 0.6 is 11.8 Å². The van der Waals surface area contributed by atoms with E-state index in [-0.39, 0.29) is 6.04 Å². The molecule has 2 aromatic rings. The van der Waals surface area contributed by atoms with Crippen LogP contribution in [0.5, 0.6) is 0 Å². The van der Waals surface area contributed by atoms with E-state index in [9.17, 15) is 0 Å². The van der Waals surface area contributed by atoms with Crippen molar-refractivity contribution in [2.45, 2.75) is 35.7 Å². The second-order valence-corrected chi connectivity index (χ2v) is 5.39. The molecule has 1 atom stereocenters. The minimum absolute atomic E-state index is 0.236. The van der Waals surface area contributed by atoms with Crippen molar-refractivity contribution in [3.8, 4) is 0 Å². The van der Waals surface area contributed by atoms with Gasteiger partial charge in [0.2, 0.25) is 0 Å². The van der Waals surface area contributed by atoms with E-state index < -0.39 is 0 Å².